The number of carbonyl (C=O) groups excluding carboxylic acids is 2. The third kappa shape index (κ3) is 9.69. The van der Waals surface area contributed by atoms with E-state index in [1.54, 1.807) is 6.20 Å². The monoisotopic (exact) mass is 422 g/mol. The van der Waals surface area contributed by atoms with E-state index < -0.39 is 0 Å². The van der Waals surface area contributed by atoms with E-state index in [9.17, 15) is 9.59 Å². The summed E-state index contributed by atoms with van der Waals surface area (Å²) in [6.45, 7) is 6.70. The summed E-state index contributed by atoms with van der Waals surface area (Å²) in [5.41, 5.74) is 0.838. The predicted octanol–water partition coefficient (Wildman–Crippen LogP) is 2.07. The van der Waals surface area contributed by atoms with Gasteiger partial charge in [-0.2, -0.15) is 0 Å². The summed E-state index contributed by atoms with van der Waals surface area (Å²) in [5, 5.41) is 15.7. The second-order valence-electron chi connectivity index (χ2n) is 7.44. The molecule has 0 spiro atoms. The molecule has 1 fully saturated rings. The minimum atomic E-state index is -0.250. The fraction of sp³-hybridized carbons (Fsp3) is 0.619. The Morgan fingerprint density at radius 1 is 1.33 bits per heavy atom. The molecule has 2 rings (SSSR count). The van der Waals surface area contributed by atoms with Crippen LogP contribution in [0.2, 0.25) is 0 Å². The lowest BCUT2D eigenvalue weighted by molar-refractivity contribution is -0.128. The van der Waals surface area contributed by atoms with Gasteiger partial charge in [0.15, 0.2) is 0 Å². The smallest absolute Gasteiger partial charge is 0.315 e. The number of carbonyl (C=O) groups is 3. The molecule has 1 heterocycles. The largest absolute Gasteiger partial charge is 0.483 e. The molecule has 0 bridgehead atoms. The lowest BCUT2D eigenvalue weighted by Gasteiger charge is -2.36. The molecule has 3 atom stereocenters. The second-order valence-corrected chi connectivity index (χ2v) is 7.44. The van der Waals surface area contributed by atoms with E-state index in [0.29, 0.717) is 19.6 Å². The SMILES string of the molecule is CCCO[C@@H]1C[C@@H](C(=O)NCc2ccccn2)CC[C@H]1NC(=O)NC(C)C.O=CO. The number of hydrogen-bond donors (Lipinski definition) is 4. The normalized spacial score (nSPS) is 20.5. The molecule has 1 aliphatic carbocycles. The highest BCUT2D eigenvalue weighted by Crippen LogP contribution is 2.27. The summed E-state index contributed by atoms with van der Waals surface area (Å²) in [5.74, 6) is -0.0855. The standard InChI is InChI=1S/C20H32N4O3.CH2O2/c1-4-11-27-18-12-15(8-9-17(18)24-20(26)23-14(2)3)19(25)22-13-16-7-5-6-10-21-16;2-1-3/h5-7,10,14-15,17-18H,4,8-9,11-13H2,1-3H3,(H,22,25)(H2,23,24,26);1H,(H,2,3)/t15-,17+,18+;/m0./s1. The molecule has 0 radical (unpaired) electrons. The van der Waals surface area contributed by atoms with Crippen LogP contribution in [-0.4, -0.2) is 53.3 Å². The number of rotatable bonds is 8. The van der Waals surface area contributed by atoms with Gasteiger partial charge < -0.3 is 25.8 Å². The number of aromatic nitrogens is 1. The van der Waals surface area contributed by atoms with Gasteiger partial charge in [-0.25, -0.2) is 4.79 Å². The average Bonchev–Trinajstić information content (AvgIpc) is 2.72. The van der Waals surface area contributed by atoms with Crippen LogP contribution in [0.5, 0.6) is 0 Å². The van der Waals surface area contributed by atoms with E-state index in [-0.39, 0.29) is 42.5 Å². The van der Waals surface area contributed by atoms with Crippen LogP contribution in [0.25, 0.3) is 0 Å². The van der Waals surface area contributed by atoms with Gasteiger partial charge in [0.2, 0.25) is 5.91 Å². The van der Waals surface area contributed by atoms with Crippen LogP contribution in [-0.2, 0) is 20.9 Å². The minimum absolute atomic E-state index is 0.0239. The van der Waals surface area contributed by atoms with Gasteiger partial charge in [0.25, 0.3) is 6.47 Å². The lowest BCUT2D eigenvalue weighted by atomic mass is 9.83. The van der Waals surface area contributed by atoms with Crippen molar-refractivity contribution in [3.8, 4) is 0 Å². The Morgan fingerprint density at radius 3 is 2.67 bits per heavy atom. The van der Waals surface area contributed by atoms with Crippen molar-refractivity contribution in [1.82, 2.24) is 20.9 Å². The van der Waals surface area contributed by atoms with E-state index in [0.717, 1.165) is 25.0 Å². The van der Waals surface area contributed by atoms with Crippen molar-refractivity contribution in [2.45, 2.75) is 71.2 Å². The van der Waals surface area contributed by atoms with E-state index in [1.807, 2.05) is 39.0 Å². The highest BCUT2D eigenvalue weighted by molar-refractivity contribution is 5.79. The first kappa shape index (κ1) is 25.4. The molecule has 3 amide bonds. The molecule has 9 heteroatoms. The van der Waals surface area contributed by atoms with E-state index in [2.05, 4.69) is 20.9 Å². The third-order valence-electron chi connectivity index (χ3n) is 4.60. The first-order valence-corrected chi connectivity index (χ1v) is 10.3. The molecule has 1 aromatic rings. The molecule has 30 heavy (non-hydrogen) atoms. The summed E-state index contributed by atoms with van der Waals surface area (Å²) in [6, 6.07) is 5.47. The number of nitrogens with one attached hydrogen (secondary N) is 3. The maximum absolute atomic E-state index is 12.6. The number of urea groups is 1. The number of ether oxygens (including phenoxy) is 1. The Bertz CT molecular complexity index is 642. The average molecular weight is 423 g/mol. The van der Waals surface area contributed by atoms with Crippen LogP contribution >= 0.6 is 0 Å². The second kappa shape index (κ2) is 14.3. The molecule has 0 saturated heterocycles. The van der Waals surface area contributed by atoms with Crippen molar-refractivity contribution in [2.75, 3.05) is 6.61 Å². The Balaban J connectivity index is 0.00000141. The molecule has 1 saturated carbocycles. The van der Waals surface area contributed by atoms with E-state index in [4.69, 9.17) is 14.6 Å². The minimum Gasteiger partial charge on any atom is -0.483 e. The highest BCUT2D eigenvalue weighted by Gasteiger charge is 2.35. The molecular weight excluding hydrogens is 388 g/mol. The van der Waals surface area contributed by atoms with E-state index in [1.165, 1.54) is 0 Å². The van der Waals surface area contributed by atoms with Crippen molar-refractivity contribution >= 4 is 18.4 Å². The van der Waals surface area contributed by atoms with Crippen LogP contribution in [0.15, 0.2) is 24.4 Å². The van der Waals surface area contributed by atoms with Gasteiger partial charge in [0.05, 0.1) is 24.4 Å². The maximum Gasteiger partial charge on any atom is 0.315 e. The van der Waals surface area contributed by atoms with Crippen molar-refractivity contribution in [3.05, 3.63) is 30.1 Å². The Morgan fingerprint density at radius 2 is 2.07 bits per heavy atom. The molecule has 0 unspecified atom stereocenters. The van der Waals surface area contributed by atoms with Crippen LogP contribution in [0, 0.1) is 5.92 Å². The molecular formula is C21H34N4O5. The summed E-state index contributed by atoms with van der Waals surface area (Å²) in [4.78, 5) is 37.2. The number of carboxylic acid groups (broad SMARTS) is 1. The van der Waals surface area contributed by atoms with Crippen LogP contribution < -0.4 is 16.0 Å². The zero-order valence-corrected chi connectivity index (χ0v) is 18.0. The first-order valence-electron chi connectivity index (χ1n) is 10.3. The first-order chi connectivity index (χ1) is 14.4. The van der Waals surface area contributed by atoms with Gasteiger partial charge in [-0.15, -0.1) is 0 Å². The van der Waals surface area contributed by atoms with Crippen molar-refractivity contribution < 1.29 is 24.2 Å². The molecule has 1 aliphatic rings. The molecule has 4 N–H and O–H groups in total. The summed E-state index contributed by atoms with van der Waals surface area (Å²) >= 11 is 0. The van der Waals surface area contributed by atoms with Gasteiger partial charge in [0, 0.05) is 24.8 Å². The molecule has 168 valence electrons. The van der Waals surface area contributed by atoms with Gasteiger partial charge in [-0.05, 0) is 51.7 Å². The summed E-state index contributed by atoms with van der Waals surface area (Å²) < 4.78 is 5.96. The fourth-order valence-electron chi connectivity index (χ4n) is 3.28. The maximum atomic E-state index is 12.6. The number of hydrogen-bond acceptors (Lipinski definition) is 5. The van der Waals surface area contributed by atoms with Gasteiger partial charge in [-0.1, -0.05) is 13.0 Å². The number of nitrogens with zero attached hydrogens (tertiary/aromatic N) is 1. The highest BCUT2D eigenvalue weighted by atomic mass is 16.5. The predicted molar refractivity (Wildman–Crippen MR) is 113 cm³/mol. The zero-order chi connectivity index (χ0) is 22.4. The van der Waals surface area contributed by atoms with Crippen molar-refractivity contribution in [1.29, 1.82) is 0 Å². The number of amides is 3. The van der Waals surface area contributed by atoms with Gasteiger partial charge >= 0.3 is 6.03 Å². The summed E-state index contributed by atoms with van der Waals surface area (Å²) in [6.07, 6.45) is 4.53. The molecule has 0 aromatic carbocycles. The van der Waals surface area contributed by atoms with Crippen LogP contribution in [0.4, 0.5) is 4.79 Å². The molecule has 1 aromatic heterocycles. The van der Waals surface area contributed by atoms with Crippen LogP contribution in [0.3, 0.4) is 0 Å². The fourth-order valence-corrected chi connectivity index (χ4v) is 3.28. The lowest BCUT2D eigenvalue weighted by Crippen LogP contribution is -2.53. The van der Waals surface area contributed by atoms with Gasteiger partial charge in [-0.3, -0.25) is 14.6 Å². The molecule has 9 nitrogen and oxygen atoms in total. The number of pyridine rings is 1. The Hall–Kier alpha value is -2.68. The quantitative estimate of drug-likeness (QED) is 0.475. The Labute approximate surface area is 178 Å². The Kier molecular flexibility index (Phi) is 12.1. The zero-order valence-electron chi connectivity index (χ0n) is 18.0. The van der Waals surface area contributed by atoms with Crippen molar-refractivity contribution in [3.63, 3.8) is 0 Å². The molecule has 0 aliphatic heterocycles. The topological polar surface area (TPSA) is 130 Å². The summed E-state index contributed by atoms with van der Waals surface area (Å²) in [7, 11) is 0. The van der Waals surface area contributed by atoms with E-state index >= 15 is 0 Å². The van der Waals surface area contributed by atoms with Crippen molar-refractivity contribution in [2.24, 2.45) is 5.92 Å². The van der Waals surface area contributed by atoms with Crippen LogP contribution in [0.1, 0.15) is 52.1 Å². The third-order valence-corrected chi connectivity index (χ3v) is 4.60. The van der Waals surface area contributed by atoms with Gasteiger partial charge in [0.1, 0.15) is 0 Å².